The van der Waals surface area contributed by atoms with Crippen LogP contribution < -0.4 is 5.46 Å². The molecule has 0 amide bonds. The van der Waals surface area contributed by atoms with Crippen LogP contribution in [0.2, 0.25) is 0 Å². The van der Waals surface area contributed by atoms with Crippen molar-refractivity contribution in [2.75, 3.05) is 0 Å². The van der Waals surface area contributed by atoms with E-state index in [9.17, 15) is 0 Å². The highest BCUT2D eigenvalue weighted by Crippen LogP contribution is 2.41. The van der Waals surface area contributed by atoms with Crippen molar-refractivity contribution in [1.82, 2.24) is 9.13 Å². The molecule has 2 radical (unpaired) electrons. The fourth-order valence-electron chi connectivity index (χ4n) is 5.34. The molecule has 3 heteroatoms. The maximum Gasteiger partial charge on any atom is 0.116 e. The molecule has 0 saturated heterocycles. The van der Waals surface area contributed by atoms with E-state index in [0.717, 1.165) is 33.4 Å². The van der Waals surface area contributed by atoms with E-state index in [1.165, 1.54) is 27.1 Å². The van der Waals surface area contributed by atoms with E-state index in [0.29, 0.717) is 0 Å². The van der Waals surface area contributed by atoms with Crippen LogP contribution in [0, 0.1) is 0 Å². The lowest BCUT2D eigenvalue weighted by Crippen LogP contribution is -2.09. The maximum absolute atomic E-state index is 6.86. The first-order valence-corrected chi connectivity index (χ1v) is 11.2. The number of rotatable bonds is 2. The number of fused-ring (bicyclic) bond motifs is 7. The van der Waals surface area contributed by atoms with Gasteiger partial charge in [-0.2, -0.15) is 0 Å². The Morgan fingerprint density at radius 1 is 0.455 bits per heavy atom. The summed E-state index contributed by atoms with van der Waals surface area (Å²) in [5.74, 6) is 0. The summed E-state index contributed by atoms with van der Waals surface area (Å²) in [4.78, 5) is 0. The summed E-state index contributed by atoms with van der Waals surface area (Å²) in [5, 5.41) is 4.89. The highest BCUT2D eigenvalue weighted by atomic mass is 15.0. The molecule has 33 heavy (non-hydrogen) atoms. The number of hydrogen-bond donors (Lipinski definition) is 0. The maximum atomic E-state index is 6.86. The number of benzene rings is 5. The van der Waals surface area contributed by atoms with E-state index in [1.807, 2.05) is 6.07 Å². The van der Waals surface area contributed by atoms with Crippen molar-refractivity contribution >= 4 is 56.9 Å². The molecule has 7 aromatic rings. The fraction of sp³-hybridized carbons (Fsp3) is 0. The van der Waals surface area contributed by atoms with Crippen molar-refractivity contribution in [3.05, 3.63) is 115 Å². The van der Waals surface area contributed by atoms with Gasteiger partial charge in [0.05, 0.1) is 16.6 Å². The molecular formula is C30H19BN2. The first kappa shape index (κ1) is 18.3. The molecule has 0 bridgehead atoms. The molecule has 0 aliphatic heterocycles. The fourth-order valence-corrected chi connectivity index (χ4v) is 5.34. The molecule has 2 nitrogen and oxygen atoms in total. The molecule has 0 aliphatic carbocycles. The molecular weight excluding hydrogens is 399 g/mol. The Bertz CT molecular complexity index is 1810. The van der Waals surface area contributed by atoms with Gasteiger partial charge in [-0.15, -0.1) is 0 Å². The largest absolute Gasteiger partial charge is 0.310 e. The number of hydrogen-bond acceptors (Lipinski definition) is 0. The summed E-state index contributed by atoms with van der Waals surface area (Å²) in [7, 11) is 6.86. The minimum absolute atomic E-state index is 0.776. The number of aromatic nitrogens is 2. The molecule has 0 saturated carbocycles. The third kappa shape index (κ3) is 2.51. The zero-order chi connectivity index (χ0) is 21.9. The normalized spacial score (nSPS) is 11.8. The molecule has 152 valence electrons. The van der Waals surface area contributed by atoms with Crippen LogP contribution in [0.15, 0.2) is 115 Å². The minimum atomic E-state index is 0.776. The van der Waals surface area contributed by atoms with Gasteiger partial charge in [0.1, 0.15) is 7.85 Å². The Balaban J connectivity index is 1.78. The molecule has 0 atom stereocenters. The molecule has 0 fully saturated rings. The van der Waals surface area contributed by atoms with Crippen LogP contribution in [0.1, 0.15) is 0 Å². The smallest absolute Gasteiger partial charge is 0.116 e. The third-order valence-corrected chi connectivity index (χ3v) is 6.63. The summed E-state index contributed by atoms with van der Waals surface area (Å²) >= 11 is 0. The average molecular weight is 418 g/mol. The van der Waals surface area contributed by atoms with Crippen LogP contribution in [0.5, 0.6) is 0 Å². The summed E-state index contributed by atoms with van der Waals surface area (Å²) in [6.45, 7) is 0. The third-order valence-electron chi connectivity index (χ3n) is 6.63. The lowest BCUT2D eigenvalue weighted by atomic mass is 9.91. The molecule has 0 unspecified atom stereocenters. The van der Waals surface area contributed by atoms with Gasteiger partial charge >= 0.3 is 0 Å². The van der Waals surface area contributed by atoms with Crippen molar-refractivity contribution in [3.63, 3.8) is 0 Å². The quantitative estimate of drug-likeness (QED) is 0.278. The Labute approximate surface area is 192 Å². The van der Waals surface area contributed by atoms with Crippen LogP contribution in [-0.2, 0) is 0 Å². The highest BCUT2D eigenvalue weighted by Gasteiger charge is 2.21. The Morgan fingerprint density at radius 3 is 1.58 bits per heavy atom. The summed E-state index contributed by atoms with van der Waals surface area (Å²) < 4.78 is 4.63. The van der Waals surface area contributed by atoms with E-state index in [1.54, 1.807) is 0 Å². The summed E-state index contributed by atoms with van der Waals surface area (Å²) in [6.07, 6.45) is 0. The topological polar surface area (TPSA) is 9.86 Å². The first-order chi connectivity index (χ1) is 16.3. The second-order valence-electron chi connectivity index (χ2n) is 8.46. The van der Waals surface area contributed by atoms with Crippen molar-refractivity contribution in [1.29, 1.82) is 0 Å². The Hall–Kier alpha value is -4.24. The SMILES string of the molecule is [B]c1cc2c(c3ccccc3n2-c2ccccc2)c2c3ccccc3n(-c3ccccc3)c12. The van der Waals surface area contributed by atoms with Crippen LogP contribution in [-0.4, -0.2) is 17.0 Å². The van der Waals surface area contributed by atoms with Crippen LogP contribution in [0.4, 0.5) is 0 Å². The monoisotopic (exact) mass is 418 g/mol. The van der Waals surface area contributed by atoms with Gasteiger partial charge in [0.25, 0.3) is 0 Å². The van der Waals surface area contributed by atoms with Gasteiger partial charge in [-0.3, -0.25) is 0 Å². The Morgan fingerprint density at radius 2 is 0.939 bits per heavy atom. The lowest BCUT2D eigenvalue weighted by molar-refractivity contribution is 1.18. The van der Waals surface area contributed by atoms with E-state index in [4.69, 9.17) is 7.85 Å². The van der Waals surface area contributed by atoms with Gasteiger partial charge in [-0.1, -0.05) is 78.3 Å². The lowest BCUT2D eigenvalue weighted by Gasteiger charge is -2.11. The van der Waals surface area contributed by atoms with E-state index in [-0.39, 0.29) is 0 Å². The van der Waals surface area contributed by atoms with Crippen molar-refractivity contribution < 1.29 is 0 Å². The van der Waals surface area contributed by atoms with Gasteiger partial charge in [-0.25, -0.2) is 0 Å². The molecule has 2 heterocycles. The number of nitrogens with zero attached hydrogens (tertiary/aromatic N) is 2. The zero-order valence-corrected chi connectivity index (χ0v) is 17.9. The van der Waals surface area contributed by atoms with Gasteiger partial charge in [0.2, 0.25) is 0 Å². The van der Waals surface area contributed by atoms with Crippen molar-refractivity contribution in [2.24, 2.45) is 0 Å². The second-order valence-corrected chi connectivity index (χ2v) is 8.46. The Kier molecular flexibility index (Phi) is 3.83. The van der Waals surface area contributed by atoms with Crippen molar-refractivity contribution in [2.45, 2.75) is 0 Å². The average Bonchev–Trinajstić information content (AvgIpc) is 3.38. The molecule has 5 aromatic carbocycles. The van der Waals surface area contributed by atoms with Crippen LogP contribution in [0.3, 0.4) is 0 Å². The van der Waals surface area contributed by atoms with Gasteiger partial charge < -0.3 is 9.13 Å². The molecule has 0 aliphatic rings. The second kappa shape index (κ2) is 6.88. The predicted octanol–water partition coefficient (Wildman–Crippen LogP) is 6.67. The van der Waals surface area contributed by atoms with E-state index < -0.39 is 0 Å². The van der Waals surface area contributed by atoms with Gasteiger partial charge in [0.15, 0.2) is 0 Å². The van der Waals surface area contributed by atoms with Crippen LogP contribution in [0.25, 0.3) is 55.0 Å². The van der Waals surface area contributed by atoms with E-state index in [2.05, 4.69) is 118 Å². The summed E-state index contributed by atoms with van der Waals surface area (Å²) in [6, 6.07) is 40.4. The first-order valence-electron chi connectivity index (χ1n) is 11.2. The van der Waals surface area contributed by atoms with Gasteiger partial charge in [-0.05, 0) is 42.5 Å². The molecule has 0 N–H and O–H groups in total. The predicted molar refractivity (Wildman–Crippen MR) is 141 cm³/mol. The standard InChI is InChI=1S/C30H19BN2/c31-24-19-27-28(22-15-7-9-17-25(22)32(27)20-11-3-1-4-12-20)29-23-16-8-10-18-26(23)33(30(24)29)21-13-5-2-6-14-21/h1-19H. The van der Waals surface area contributed by atoms with Crippen molar-refractivity contribution in [3.8, 4) is 11.4 Å². The number of para-hydroxylation sites is 4. The molecule has 7 rings (SSSR count). The molecule has 2 aromatic heterocycles. The zero-order valence-electron chi connectivity index (χ0n) is 17.9. The molecule has 0 spiro atoms. The highest BCUT2D eigenvalue weighted by molar-refractivity contribution is 6.44. The summed E-state index contributed by atoms with van der Waals surface area (Å²) in [5.41, 5.74) is 7.55. The van der Waals surface area contributed by atoms with Gasteiger partial charge in [0, 0.05) is 38.4 Å². The van der Waals surface area contributed by atoms with Crippen LogP contribution >= 0.6 is 0 Å². The van der Waals surface area contributed by atoms with E-state index >= 15 is 0 Å². The minimum Gasteiger partial charge on any atom is -0.310 e.